The molecule has 3 N–H and O–H groups in total. The van der Waals surface area contributed by atoms with Gasteiger partial charge in [-0.15, -0.1) is 0 Å². The van der Waals surface area contributed by atoms with E-state index in [4.69, 9.17) is 10.5 Å². The van der Waals surface area contributed by atoms with E-state index in [0.29, 0.717) is 6.42 Å². The van der Waals surface area contributed by atoms with E-state index < -0.39 is 0 Å². The molecule has 0 saturated heterocycles. The van der Waals surface area contributed by atoms with E-state index >= 15 is 0 Å². The molecule has 2 aliphatic rings. The minimum Gasteiger partial charge on any atom is -0.497 e. The molecular formula is C32H43N3O2. The van der Waals surface area contributed by atoms with Crippen LogP contribution in [-0.4, -0.2) is 29.7 Å². The Morgan fingerprint density at radius 2 is 1.81 bits per heavy atom. The third kappa shape index (κ3) is 6.20. The van der Waals surface area contributed by atoms with E-state index in [0.717, 1.165) is 55.0 Å². The third-order valence-electron chi connectivity index (χ3n) is 8.61. The number of aryl methyl sites for hydroxylation is 1. The van der Waals surface area contributed by atoms with Crippen LogP contribution in [0.25, 0.3) is 10.9 Å². The van der Waals surface area contributed by atoms with Crippen LogP contribution >= 0.6 is 0 Å². The van der Waals surface area contributed by atoms with Gasteiger partial charge in [-0.1, -0.05) is 43.5 Å². The van der Waals surface area contributed by atoms with Crippen LogP contribution < -0.4 is 15.8 Å². The number of aromatic nitrogens is 1. The van der Waals surface area contributed by atoms with Crippen molar-refractivity contribution in [3.63, 3.8) is 0 Å². The second-order valence-corrected chi connectivity index (χ2v) is 11.5. The number of fused-ring (bicyclic) bond motifs is 1. The molecule has 2 aliphatic carbocycles. The molecule has 2 aromatic carbocycles. The first-order valence-electron chi connectivity index (χ1n) is 14.3. The highest BCUT2D eigenvalue weighted by Gasteiger charge is 2.27. The summed E-state index contributed by atoms with van der Waals surface area (Å²) in [5.74, 6) is 1.65. The Labute approximate surface area is 221 Å². The van der Waals surface area contributed by atoms with Gasteiger partial charge in [0.1, 0.15) is 5.75 Å². The molecule has 1 amide bonds. The fourth-order valence-electron chi connectivity index (χ4n) is 6.59. The average Bonchev–Trinajstić information content (AvgIpc) is 3.27. The summed E-state index contributed by atoms with van der Waals surface area (Å²) in [6, 6.07) is 15.6. The summed E-state index contributed by atoms with van der Waals surface area (Å²) in [5, 5.41) is 4.59. The van der Waals surface area contributed by atoms with Gasteiger partial charge in [0.15, 0.2) is 0 Å². The Hall–Kier alpha value is -2.79. The average molecular weight is 502 g/mol. The number of nitrogens with one attached hydrogen (secondary N) is 1. The number of hydrogen-bond donors (Lipinski definition) is 2. The predicted octanol–water partition coefficient (Wildman–Crippen LogP) is 6.45. The van der Waals surface area contributed by atoms with Crippen LogP contribution in [-0.2, 0) is 11.3 Å². The van der Waals surface area contributed by atoms with Crippen molar-refractivity contribution in [2.75, 3.05) is 7.11 Å². The maximum Gasteiger partial charge on any atom is 0.221 e. The fraction of sp³-hybridized carbons (Fsp3) is 0.531. The zero-order valence-electron chi connectivity index (χ0n) is 22.5. The molecule has 0 aliphatic heterocycles. The van der Waals surface area contributed by atoms with Crippen molar-refractivity contribution in [2.45, 2.75) is 95.7 Å². The molecule has 0 radical (unpaired) electrons. The number of benzene rings is 2. The van der Waals surface area contributed by atoms with E-state index in [1.807, 2.05) is 0 Å². The zero-order chi connectivity index (χ0) is 25.8. The van der Waals surface area contributed by atoms with Gasteiger partial charge in [-0.05, 0) is 86.3 Å². The van der Waals surface area contributed by atoms with Gasteiger partial charge in [-0.25, -0.2) is 0 Å². The minimum atomic E-state index is -0.0443. The summed E-state index contributed by atoms with van der Waals surface area (Å²) in [7, 11) is 1.71. The third-order valence-corrected chi connectivity index (χ3v) is 8.61. The first kappa shape index (κ1) is 25.8. The number of rotatable bonds is 8. The molecule has 5 rings (SSSR count). The molecule has 1 unspecified atom stereocenters. The van der Waals surface area contributed by atoms with Crippen LogP contribution in [0.5, 0.6) is 5.75 Å². The highest BCUT2D eigenvalue weighted by molar-refractivity contribution is 5.87. The van der Waals surface area contributed by atoms with Crippen LogP contribution in [0.2, 0.25) is 0 Å². The number of carbonyl (C=O) groups excluding carboxylic acids is 1. The maximum absolute atomic E-state index is 13.5. The highest BCUT2D eigenvalue weighted by atomic mass is 16.5. The summed E-state index contributed by atoms with van der Waals surface area (Å²) < 4.78 is 8.09. The zero-order valence-corrected chi connectivity index (χ0v) is 22.5. The lowest BCUT2D eigenvalue weighted by atomic mass is 9.86. The van der Waals surface area contributed by atoms with E-state index in [9.17, 15) is 4.79 Å². The van der Waals surface area contributed by atoms with Crippen molar-refractivity contribution in [3.8, 4) is 5.75 Å². The topological polar surface area (TPSA) is 69.3 Å². The number of hydrogen-bond acceptors (Lipinski definition) is 3. The molecule has 2 fully saturated rings. The highest BCUT2D eigenvalue weighted by Crippen LogP contribution is 2.38. The van der Waals surface area contributed by atoms with Gasteiger partial charge in [0.05, 0.1) is 7.11 Å². The van der Waals surface area contributed by atoms with E-state index in [1.165, 1.54) is 48.6 Å². The van der Waals surface area contributed by atoms with Crippen molar-refractivity contribution in [1.82, 2.24) is 9.88 Å². The molecule has 2 saturated carbocycles. The number of nitrogens with zero attached hydrogens (tertiary/aromatic N) is 1. The van der Waals surface area contributed by atoms with Gasteiger partial charge >= 0.3 is 0 Å². The van der Waals surface area contributed by atoms with Crippen LogP contribution in [0.3, 0.4) is 0 Å². The summed E-state index contributed by atoms with van der Waals surface area (Å²) in [6.45, 7) is 3.15. The molecular weight excluding hydrogens is 458 g/mol. The van der Waals surface area contributed by atoms with Crippen molar-refractivity contribution in [1.29, 1.82) is 0 Å². The van der Waals surface area contributed by atoms with Crippen molar-refractivity contribution >= 4 is 16.8 Å². The molecule has 1 heterocycles. The Balaban J connectivity index is 1.49. The minimum absolute atomic E-state index is 0.0443. The number of amides is 1. The number of methoxy groups -OCH3 is 1. The Bertz CT molecular complexity index is 1200. The molecule has 5 nitrogen and oxygen atoms in total. The molecule has 1 aromatic heterocycles. The summed E-state index contributed by atoms with van der Waals surface area (Å²) >= 11 is 0. The summed E-state index contributed by atoms with van der Waals surface area (Å²) in [5.41, 5.74) is 10.9. The molecule has 3 aromatic rings. The Morgan fingerprint density at radius 1 is 1.05 bits per heavy atom. The maximum atomic E-state index is 13.5. The molecule has 0 spiro atoms. The lowest BCUT2D eigenvalue weighted by molar-refractivity contribution is -0.122. The summed E-state index contributed by atoms with van der Waals surface area (Å²) in [4.78, 5) is 13.5. The first-order chi connectivity index (χ1) is 18.0. The predicted molar refractivity (Wildman–Crippen MR) is 151 cm³/mol. The van der Waals surface area contributed by atoms with E-state index in [2.05, 4.69) is 65.5 Å². The number of para-hydroxylation sites is 1. The number of ether oxygens (including phenoxy) is 1. The van der Waals surface area contributed by atoms with Crippen LogP contribution in [0, 0.1) is 12.8 Å². The van der Waals surface area contributed by atoms with Crippen molar-refractivity contribution < 1.29 is 9.53 Å². The molecule has 0 bridgehead atoms. The Kier molecular flexibility index (Phi) is 8.19. The molecule has 198 valence electrons. The van der Waals surface area contributed by atoms with Gasteiger partial charge < -0.3 is 20.4 Å². The van der Waals surface area contributed by atoms with Crippen molar-refractivity contribution in [3.05, 3.63) is 65.4 Å². The second kappa shape index (κ2) is 11.7. The van der Waals surface area contributed by atoms with Gasteiger partial charge in [0, 0.05) is 48.1 Å². The molecule has 1 atom stereocenters. The number of nitrogens with two attached hydrogens (primary N) is 1. The van der Waals surface area contributed by atoms with Gasteiger partial charge in [-0.2, -0.15) is 0 Å². The second-order valence-electron chi connectivity index (χ2n) is 11.5. The number of carbonyl (C=O) groups is 1. The van der Waals surface area contributed by atoms with Crippen LogP contribution in [0.15, 0.2) is 48.7 Å². The largest absolute Gasteiger partial charge is 0.497 e. The van der Waals surface area contributed by atoms with E-state index in [-0.39, 0.29) is 23.9 Å². The quantitative estimate of drug-likeness (QED) is 0.373. The smallest absolute Gasteiger partial charge is 0.221 e. The lowest BCUT2D eigenvalue weighted by Gasteiger charge is -2.27. The van der Waals surface area contributed by atoms with Gasteiger partial charge in [-0.3, -0.25) is 4.79 Å². The van der Waals surface area contributed by atoms with E-state index in [1.54, 1.807) is 7.11 Å². The van der Waals surface area contributed by atoms with Gasteiger partial charge in [0.25, 0.3) is 0 Å². The Morgan fingerprint density at radius 3 is 2.57 bits per heavy atom. The SMILES string of the molecule is COc1cc(C)cc(C(CC(=O)NC2CCC(N)CC2)c2cn(CC3CCCCC3)c3ccccc23)c1. The molecule has 5 heteroatoms. The van der Waals surface area contributed by atoms with Crippen LogP contribution in [0.1, 0.15) is 86.8 Å². The fourth-order valence-corrected chi connectivity index (χ4v) is 6.59. The monoisotopic (exact) mass is 501 g/mol. The van der Waals surface area contributed by atoms with Gasteiger partial charge in [0.2, 0.25) is 5.91 Å². The normalized spacial score (nSPS) is 21.6. The van der Waals surface area contributed by atoms with Crippen LogP contribution in [0.4, 0.5) is 0 Å². The molecule has 37 heavy (non-hydrogen) atoms. The van der Waals surface area contributed by atoms with Crippen molar-refractivity contribution in [2.24, 2.45) is 11.7 Å². The standard InChI is InChI=1S/C32H43N3O2/c1-22-16-24(18-27(17-22)37-2)29(19-32(36)34-26-14-12-25(33)13-15-26)30-21-35(20-23-8-4-3-5-9-23)31-11-7-6-10-28(30)31/h6-7,10-11,16-18,21,23,25-26,29H,3-5,8-9,12-15,19-20,33H2,1-2H3,(H,34,36). The first-order valence-corrected chi connectivity index (χ1v) is 14.3. The lowest BCUT2D eigenvalue weighted by Crippen LogP contribution is -2.40. The summed E-state index contributed by atoms with van der Waals surface area (Å²) in [6.07, 6.45) is 13.3.